The predicted molar refractivity (Wildman–Crippen MR) is 75.9 cm³/mol. The lowest BCUT2D eigenvalue weighted by Crippen LogP contribution is -2.35. The van der Waals surface area contributed by atoms with E-state index in [0.29, 0.717) is 23.8 Å². The van der Waals surface area contributed by atoms with E-state index in [0.717, 1.165) is 5.56 Å². The smallest absolute Gasteiger partial charge is 0.203 e. The molecule has 1 aromatic rings. The van der Waals surface area contributed by atoms with Gasteiger partial charge in [-0.3, -0.25) is 0 Å². The third-order valence-corrected chi connectivity index (χ3v) is 3.41. The summed E-state index contributed by atoms with van der Waals surface area (Å²) in [5.41, 5.74) is 12.8. The van der Waals surface area contributed by atoms with Crippen LogP contribution >= 0.6 is 0 Å². The lowest BCUT2D eigenvalue weighted by atomic mass is 9.81. The Morgan fingerprint density at radius 3 is 1.84 bits per heavy atom. The van der Waals surface area contributed by atoms with Crippen molar-refractivity contribution in [3.05, 3.63) is 17.7 Å². The van der Waals surface area contributed by atoms with Gasteiger partial charge in [-0.15, -0.1) is 0 Å². The number of rotatable bonds is 6. The Kier molecular flexibility index (Phi) is 5.03. The van der Waals surface area contributed by atoms with E-state index in [-0.39, 0.29) is 11.5 Å². The number of benzene rings is 1. The van der Waals surface area contributed by atoms with Gasteiger partial charge in [0.1, 0.15) is 0 Å². The molecule has 5 nitrogen and oxygen atoms in total. The maximum atomic E-state index is 6.29. The Balaban J connectivity index is 3.30. The lowest BCUT2D eigenvalue weighted by Gasteiger charge is -2.31. The van der Waals surface area contributed by atoms with E-state index in [1.807, 2.05) is 26.0 Å². The lowest BCUT2D eigenvalue weighted by molar-refractivity contribution is 0.294. The second-order valence-electron chi connectivity index (χ2n) is 5.13. The number of hydrogen-bond donors (Lipinski definition) is 2. The van der Waals surface area contributed by atoms with E-state index in [4.69, 9.17) is 25.7 Å². The molecular weight excluding hydrogens is 244 g/mol. The van der Waals surface area contributed by atoms with Gasteiger partial charge in [-0.2, -0.15) is 0 Å². The molecule has 0 fully saturated rings. The summed E-state index contributed by atoms with van der Waals surface area (Å²) in [5, 5.41) is 0. The van der Waals surface area contributed by atoms with Crippen LogP contribution < -0.4 is 25.7 Å². The molecule has 0 radical (unpaired) electrons. The van der Waals surface area contributed by atoms with Crippen LogP contribution in [0.15, 0.2) is 12.1 Å². The molecule has 19 heavy (non-hydrogen) atoms. The first-order valence-corrected chi connectivity index (χ1v) is 6.16. The van der Waals surface area contributed by atoms with Crippen LogP contribution in [0, 0.1) is 5.41 Å². The predicted octanol–water partition coefficient (Wildman–Crippen LogP) is 1.70. The topological polar surface area (TPSA) is 79.7 Å². The maximum absolute atomic E-state index is 6.29. The van der Waals surface area contributed by atoms with Crippen molar-refractivity contribution in [1.82, 2.24) is 0 Å². The van der Waals surface area contributed by atoms with Gasteiger partial charge in [0.05, 0.1) is 21.3 Å². The summed E-state index contributed by atoms with van der Waals surface area (Å²) in [6.07, 6.45) is 0. The van der Waals surface area contributed by atoms with E-state index < -0.39 is 0 Å². The standard InChI is InChI=1S/C14H24N2O3/c1-14(2,8-15)13(16)9-6-10(17-3)12(19-5)11(7-9)18-4/h6-7,13H,8,15-16H2,1-5H3. The quantitative estimate of drug-likeness (QED) is 0.821. The number of hydrogen-bond acceptors (Lipinski definition) is 5. The molecule has 0 aliphatic carbocycles. The minimum absolute atomic E-state index is 0.216. The SMILES string of the molecule is COc1cc(C(N)C(C)(C)CN)cc(OC)c1OC. The van der Waals surface area contributed by atoms with Gasteiger partial charge in [-0.25, -0.2) is 0 Å². The zero-order valence-corrected chi connectivity index (χ0v) is 12.3. The first-order chi connectivity index (χ1) is 8.91. The van der Waals surface area contributed by atoms with Gasteiger partial charge in [0, 0.05) is 6.04 Å². The van der Waals surface area contributed by atoms with Crippen LogP contribution in [0.4, 0.5) is 0 Å². The average Bonchev–Trinajstić information content (AvgIpc) is 2.44. The summed E-state index contributed by atoms with van der Waals surface area (Å²) < 4.78 is 15.9. The summed E-state index contributed by atoms with van der Waals surface area (Å²) in [7, 11) is 4.74. The zero-order chi connectivity index (χ0) is 14.6. The molecule has 0 amide bonds. The van der Waals surface area contributed by atoms with E-state index in [1.165, 1.54) is 0 Å². The molecular formula is C14H24N2O3. The van der Waals surface area contributed by atoms with Crippen molar-refractivity contribution in [3.8, 4) is 17.2 Å². The second kappa shape index (κ2) is 6.12. The van der Waals surface area contributed by atoms with Gasteiger partial charge in [-0.05, 0) is 29.7 Å². The zero-order valence-electron chi connectivity index (χ0n) is 12.3. The molecule has 4 N–H and O–H groups in total. The minimum atomic E-state index is -0.218. The molecule has 0 heterocycles. The van der Waals surface area contributed by atoms with E-state index in [1.54, 1.807) is 21.3 Å². The molecule has 0 bridgehead atoms. The fourth-order valence-electron chi connectivity index (χ4n) is 1.86. The molecule has 0 aromatic heterocycles. The van der Waals surface area contributed by atoms with E-state index >= 15 is 0 Å². The van der Waals surface area contributed by atoms with Gasteiger partial charge in [0.15, 0.2) is 11.5 Å². The highest BCUT2D eigenvalue weighted by Gasteiger charge is 2.28. The molecule has 0 saturated carbocycles. The minimum Gasteiger partial charge on any atom is -0.493 e. The molecule has 108 valence electrons. The van der Waals surface area contributed by atoms with Gasteiger partial charge in [0.2, 0.25) is 5.75 Å². The Labute approximate surface area is 114 Å². The fourth-order valence-corrected chi connectivity index (χ4v) is 1.86. The Morgan fingerprint density at radius 1 is 1.05 bits per heavy atom. The van der Waals surface area contributed by atoms with Crippen LogP contribution in [-0.4, -0.2) is 27.9 Å². The van der Waals surface area contributed by atoms with Gasteiger partial charge in [0.25, 0.3) is 0 Å². The van der Waals surface area contributed by atoms with Gasteiger partial charge >= 0.3 is 0 Å². The highest BCUT2D eigenvalue weighted by atomic mass is 16.5. The van der Waals surface area contributed by atoms with Crippen LogP contribution in [0.2, 0.25) is 0 Å². The highest BCUT2D eigenvalue weighted by molar-refractivity contribution is 5.54. The van der Waals surface area contributed by atoms with Gasteiger partial charge < -0.3 is 25.7 Å². The third kappa shape index (κ3) is 3.11. The third-order valence-electron chi connectivity index (χ3n) is 3.41. The summed E-state index contributed by atoms with van der Waals surface area (Å²) >= 11 is 0. The van der Waals surface area contributed by atoms with Crippen LogP contribution in [0.5, 0.6) is 17.2 Å². The van der Waals surface area contributed by atoms with E-state index in [9.17, 15) is 0 Å². The van der Waals surface area contributed by atoms with Gasteiger partial charge in [-0.1, -0.05) is 13.8 Å². The fraction of sp³-hybridized carbons (Fsp3) is 0.571. The molecule has 0 saturated heterocycles. The molecule has 0 spiro atoms. The molecule has 1 aromatic carbocycles. The summed E-state index contributed by atoms with van der Waals surface area (Å²) in [5.74, 6) is 1.76. The number of methoxy groups -OCH3 is 3. The van der Waals surface area contributed by atoms with Crippen molar-refractivity contribution in [2.45, 2.75) is 19.9 Å². The molecule has 0 aliphatic rings. The summed E-state index contributed by atoms with van der Waals surface area (Å²) in [6.45, 7) is 4.55. The van der Waals surface area contributed by atoms with Crippen molar-refractivity contribution in [2.24, 2.45) is 16.9 Å². The maximum Gasteiger partial charge on any atom is 0.203 e. The normalized spacial score (nSPS) is 13.0. The number of ether oxygens (including phenoxy) is 3. The summed E-state index contributed by atoms with van der Waals surface area (Å²) in [4.78, 5) is 0. The first-order valence-electron chi connectivity index (χ1n) is 6.16. The largest absolute Gasteiger partial charge is 0.493 e. The summed E-state index contributed by atoms with van der Waals surface area (Å²) in [6, 6.07) is 3.51. The van der Waals surface area contributed by atoms with Crippen LogP contribution in [-0.2, 0) is 0 Å². The molecule has 5 heteroatoms. The van der Waals surface area contributed by atoms with E-state index in [2.05, 4.69) is 0 Å². The Bertz CT molecular complexity index is 408. The van der Waals surface area contributed by atoms with Crippen LogP contribution in [0.25, 0.3) is 0 Å². The monoisotopic (exact) mass is 268 g/mol. The average molecular weight is 268 g/mol. The molecule has 1 unspecified atom stereocenters. The Morgan fingerprint density at radius 2 is 1.53 bits per heavy atom. The van der Waals surface area contributed by atoms with Crippen molar-refractivity contribution in [2.75, 3.05) is 27.9 Å². The molecule has 0 aliphatic heterocycles. The molecule has 1 rings (SSSR count). The Hall–Kier alpha value is -1.46. The second-order valence-corrected chi connectivity index (χ2v) is 5.13. The molecule has 1 atom stereocenters. The first kappa shape index (κ1) is 15.6. The van der Waals surface area contributed by atoms with Crippen molar-refractivity contribution < 1.29 is 14.2 Å². The van der Waals surface area contributed by atoms with Crippen LogP contribution in [0.1, 0.15) is 25.5 Å². The van der Waals surface area contributed by atoms with Crippen LogP contribution in [0.3, 0.4) is 0 Å². The van der Waals surface area contributed by atoms with Crippen molar-refractivity contribution in [1.29, 1.82) is 0 Å². The van der Waals surface area contributed by atoms with Crippen molar-refractivity contribution in [3.63, 3.8) is 0 Å². The highest BCUT2D eigenvalue weighted by Crippen LogP contribution is 2.42. The van der Waals surface area contributed by atoms with Crippen molar-refractivity contribution >= 4 is 0 Å². The number of nitrogens with two attached hydrogens (primary N) is 2.